The molecule has 0 radical (unpaired) electrons. The number of rotatable bonds is 27. The van der Waals surface area contributed by atoms with Crippen LogP contribution in [0.3, 0.4) is 0 Å². The Labute approximate surface area is 439 Å². The Morgan fingerprint density at radius 1 is 0.458 bits per heavy atom. The molecular weight excluding hydrogens is 893 g/mol. The van der Waals surface area contributed by atoms with Crippen LogP contribution in [-0.4, -0.2) is 114 Å². The van der Waals surface area contributed by atoms with Gasteiger partial charge in [0.05, 0.1) is 0 Å². The molecule has 0 spiro atoms. The van der Waals surface area contributed by atoms with E-state index in [0.717, 1.165) is 89.2 Å². The zero-order valence-electron chi connectivity index (χ0n) is 49.1. The number of nitrogens with one attached hydrogen (secondary N) is 4. The van der Waals surface area contributed by atoms with Crippen LogP contribution < -0.4 is 40.9 Å². The van der Waals surface area contributed by atoms with E-state index in [1.165, 1.54) is 0 Å². The summed E-state index contributed by atoms with van der Waals surface area (Å²) in [4.78, 5) is 40.6. The van der Waals surface area contributed by atoms with Gasteiger partial charge >= 0.3 is 0 Å². The van der Waals surface area contributed by atoms with Crippen LogP contribution in [0.2, 0.25) is 0 Å². The molecule has 2 saturated heterocycles. The first-order valence-corrected chi connectivity index (χ1v) is 27.2. The fourth-order valence-corrected chi connectivity index (χ4v) is 12.6. The molecule has 0 bridgehead atoms. The molecule has 2 fully saturated rings. The highest BCUT2D eigenvalue weighted by atomic mass is 15.4. The maximum Gasteiger partial charge on any atom is 0.232 e. The molecule has 0 saturated carbocycles. The molecule has 14 heteroatoms. The number of unbranched alkanes of at least 4 members (excludes halogenated alkanes) is 3. The normalized spacial score (nSPS) is 18.2. The van der Waals surface area contributed by atoms with Crippen LogP contribution in [0.25, 0.3) is 0 Å². The predicted molar refractivity (Wildman–Crippen MR) is 310 cm³/mol. The lowest BCUT2D eigenvalue weighted by Crippen LogP contribution is -2.62. The number of piperidine rings is 2. The van der Waals surface area contributed by atoms with Crippen molar-refractivity contribution < 1.29 is 0 Å². The highest BCUT2D eigenvalue weighted by molar-refractivity contribution is 5.49. The second-order valence-corrected chi connectivity index (χ2v) is 27.7. The Morgan fingerprint density at radius 3 is 1.00 bits per heavy atom. The van der Waals surface area contributed by atoms with Crippen LogP contribution in [0.15, 0.2) is 50.6 Å². The van der Waals surface area contributed by atoms with Crippen LogP contribution in [-0.2, 0) is 0 Å². The summed E-state index contributed by atoms with van der Waals surface area (Å²) in [6.45, 7) is 61.5. The molecule has 0 unspecified atom stereocenters. The second-order valence-electron chi connectivity index (χ2n) is 27.7. The zero-order valence-corrected chi connectivity index (χ0v) is 49.1. The van der Waals surface area contributed by atoms with E-state index in [2.05, 4.69) is 192 Å². The Hall–Kier alpha value is -4.30. The molecule has 406 valence electrons. The van der Waals surface area contributed by atoms with Gasteiger partial charge in [0.15, 0.2) is 0 Å². The standard InChI is InChI=1S/C58H104N14/c1-23-31-69(32-24-2)47-59-45(65-57(19,20)41-51(5,6)7)61-49(63-47)71(43-37-53(11,12)67-54(13,14)38-43)35-29-27-28-30-36-72(44-39-55(15,16)68-56(17,18)40-44)50-62-46(66-58(21,22)42-52(8,9)10)60-48(64-50)70(33-25-3)34-26-4/h23-26,43-44,67-68H,1-4,27-42H2,5-22H3,(H,59,61,63,65)(H,60,62,64,66). The largest absolute Gasteiger partial charge is 0.349 e. The van der Waals surface area contributed by atoms with Crippen molar-refractivity contribution in [2.24, 2.45) is 10.8 Å². The van der Waals surface area contributed by atoms with E-state index >= 15 is 0 Å². The molecule has 2 aromatic rings. The average Bonchev–Trinajstić information content (AvgIpc) is 3.16. The van der Waals surface area contributed by atoms with E-state index in [4.69, 9.17) is 29.9 Å². The quantitative estimate of drug-likeness (QED) is 0.0499. The molecule has 4 rings (SSSR count). The Morgan fingerprint density at radius 2 is 0.736 bits per heavy atom. The fraction of sp³-hybridized carbons (Fsp3) is 0.759. The summed E-state index contributed by atoms with van der Waals surface area (Å²) in [6.07, 6.45) is 17.4. The van der Waals surface area contributed by atoms with Crippen molar-refractivity contribution in [3.63, 3.8) is 0 Å². The molecule has 2 aromatic heterocycles. The van der Waals surface area contributed by atoms with Crippen LogP contribution in [0, 0.1) is 10.8 Å². The van der Waals surface area contributed by atoms with Crippen molar-refractivity contribution >= 4 is 35.7 Å². The topological polar surface area (TPSA) is 138 Å². The van der Waals surface area contributed by atoms with Crippen molar-refractivity contribution in [2.75, 3.05) is 69.5 Å². The van der Waals surface area contributed by atoms with Gasteiger partial charge < -0.3 is 40.9 Å². The summed E-state index contributed by atoms with van der Waals surface area (Å²) >= 11 is 0. The van der Waals surface area contributed by atoms with Gasteiger partial charge in [0, 0.05) is 84.6 Å². The highest BCUT2D eigenvalue weighted by Gasteiger charge is 2.43. The Kier molecular flexibility index (Phi) is 20.0. The summed E-state index contributed by atoms with van der Waals surface area (Å²) in [5.74, 6) is 3.89. The number of anilines is 6. The van der Waals surface area contributed by atoms with E-state index in [9.17, 15) is 0 Å². The molecule has 0 amide bonds. The first-order valence-electron chi connectivity index (χ1n) is 27.2. The zero-order chi connectivity index (χ0) is 54.1. The lowest BCUT2D eigenvalue weighted by Gasteiger charge is -2.50. The minimum atomic E-state index is -0.257. The summed E-state index contributed by atoms with van der Waals surface area (Å²) in [7, 11) is 0. The number of nitrogens with zero attached hydrogens (tertiary/aromatic N) is 10. The third-order valence-electron chi connectivity index (χ3n) is 13.3. The minimum Gasteiger partial charge on any atom is -0.349 e. The Balaban J connectivity index is 1.72. The third-order valence-corrected chi connectivity index (χ3v) is 13.3. The smallest absolute Gasteiger partial charge is 0.232 e. The summed E-state index contributed by atoms with van der Waals surface area (Å²) in [5.41, 5.74) is -0.586. The summed E-state index contributed by atoms with van der Waals surface area (Å²) in [5, 5.41) is 15.4. The lowest BCUT2D eigenvalue weighted by molar-refractivity contribution is 0.156. The van der Waals surface area contributed by atoms with E-state index < -0.39 is 0 Å². The lowest BCUT2D eigenvalue weighted by atomic mass is 9.79. The molecule has 0 atom stereocenters. The molecule has 0 aromatic carbocycles. The van der Waals surface area contributed by atoms with E-state index in [1.807, 2.05) is 24.3 Å². The predicted octanol–water partition coefficient (Wildman–Crippen LogP) is 12.2. The van der Waals surface area contributed by atoms with E-state index in [-0.39, 0.29) is 56.1 Å². The number of hydrogen-bond donors (Lipinski definition) is 4. The van der Waals surface area contributed by atoms with Gasteiger partial charge in [0.25, 0.3) is 0 Å². The maximum absolute atomic E-state index is 5.31. The molecule has 4 N–H and O–H groups in total. The monoisotopic (exact) mass is 997 g/mol. The second kappa shape index (κ2) is 23.9. The van der Waals surface area contributed by atoms with Crippen molar-refractivity contribution in [1.29, 1.82) is 0 Å². The Bertz CT molecular complexity index is 1890. The molecular formula is C58H104N14. The number of aromatic nitrogens is 6. The van der Waals surface area contributed by atoms with Crippen LogP contribution in [0.5, 0.6) is 0 Å². The fourth-order valence-electron chi connectivity index (χ4n) is 12.6. The molecule has 2 aliphatic rings. The number of hydrogen-bond acceptors (Lipinski definition) is 14. The first kappa shape index (κ1) is 60.3. The molecule has 4 heterocycles. The molecule has 2 aliphatic heterocycles. The molecule has 0 aliphatic carbocycles. The van der Waals surface area contributed by atoms with Crippen molar-refractivity contribution in [2.45, 2.75) is 234 Å². The third kappa shape index (κ3) is 19.5. The van der Waals surface area contributed by atoms with Gasteiger partial charge in [-0.3, -0.25) is 0 Å². The van der Waals surface area contributed by atoms with Gasteiger partial charge in [-0.1, -0.05) is 78.7 Å². The minimum absolute atomic E-state index is 0.0731. The van der Waals surface area contributed by atoms with Crippen molar-refractivity contribution in [1.82, 2.24) is 40.5 Å². The van der Waals surface area contributed by atoms with Gasteiger partial charge in [-0.05, 0) is 145 Å². The van der Waals surface area contributed by atoms with Gasteiger partial charge in [-0.25, -0.2) is 0 Å². The van der Waals surface area contributed by atoms with E-state index in [0.29, 0.717) is 50.0 Å². The SMILES string of the molecule is C=CCN(CC=C)c1nc(NC(C)(C)CC(C)(C)C)nc(N(CCCCCCN(c2nc(NC(C)(C)CC(C)(C)C)nc(N(CC=C)CC=C)n2)C2CC(C)(C)NC(C)(C)C2)C2CC(C)(C)NC(C)(C)C2)n1. The van der Waals surface area contributed by atoms with Gasteiger partial charge in [0.1, 0.15) is 0 Å². The van der Waals surface area contributed by atoms with Gasteiger partial charge in [0.2, 0.25) is 35.7 Å². The molecule has 72 heavy (non-hydrogen) atoms. The van der Waals surface area contributed by atoms with Gasteiger partial charge in [-0.2, -0.15) is 29.9 Å². The molecule has 14 nitrogen and oxygen atoms in total. The summed E-state index contributed by atoms with van der Waals surface area (Å²) in [6, 6.07) is 0.430. The average molecular weight is 998 g/mol. The van der Waals surface area contributed by atoms with Gasteiger partial charge in [-0.15, -0.1) is 26.3 Å². The van der Waals surface area contributed by atoms with Crippen LogP contribution >= 0.6 is 0 Å². The highest BCUT2D eigenvalue weighted by Crippen LogP contribution is 2.37. The van der Waals surface area contributed by atoms with Crippen LogP contribution in [0.4, 0.5) is 35.7 Å². The van der Waals surface area contributed by atoms with Crippen molar-refractivity contribution in [3.8, 4) is 0 Å². The summed E-state index contributed by atoms with van der Waals surface area (Å²) < 4.78 is 0. The first-order chi connectivity index (χ1) is 33.1. The van der Waals surface area contributed by atoms with Crippen molar-refractivity contribution in [3.05, 3.63) is 50.6 Å². The van der Waals surface area contributed by atoms with E-state index in [1.54, 1.807) is 0 Å². The maximum atomic E-state index is 5.31. The van der Waals surface area contributed by atoms with Crippen LogP contribution in [0.1, 0.15) is 189 Å².